The number of alkyl carbamates (subject to hydrolysis) is 1. The first-order chi connectivity index (χ1) is 14.8. The van der Waals surface area contributed by atoms with E-state index < -0.39 is 24.4 Å². The summed E-state index contributed by atoms with van der Waals surface area (Å²) >= 11 is 0. The summed E-state index contributed by atoms with van der Waals surface area (Å²) in [5.41, 5.74) is 3.21. The number of hydrogen-bond donors (Lipinski definition) is 2. The predicted octanol–water partition coefficient (Wildman–Crippen LogP) is 3.95. The highest BCUT2D eigenvalue weighted by Gasteiger charge is 2.26. The van der Waals surface area contributed by atoms with E-state index in [0.29, 0.717) is 6.54 Å². The smallest absolute Gasteiger partial charge is 0.407 e. The summed E-state index contributed by atoms with van der Waals surface area (Å²) in [5, 5.41) is 12.8. The molecule has 0 radical (unpaired) electrons. The van der Waals surface area contributed by atoms with Crippen LogP contribution in [0, 0.1) is 11.8 Å². The number of carbonyl (C=O) groups is 1. The highest BCUT2D eigenvalue weighted by atomic mass is 16.6. The number of hydrogen-bond acceptors (Lipinski definition) is 4. The van der Waals surface area contributed by atoms with Gasteiger partial charge in [0.25, 0.3) is 0 Å². The van der Waals surface area contributed by atoms with E-state index in [2.05, 4.69) is 50.1 Å². The van der Waals surface area contributed by atoms with Crippen LogP contribution in [-0.4, -0.2) is 36.1 Å². The maximum Gasteiger partial charge on any atom is 0.407 e. The minimum atomic E-state index is -0.856. The van der Waals surface area contributed by atoms with Crippen molar-refractivity contribution in [1.82, 2.24) is 5.32 Å². The van der Waals surface area contributed by atoms with Crippen LogP contribution < -0.4 is 5.32 Å². The normalized spacial score (nSPS) is 20.5. The van der Waals surface area contributed by atoms with Gasteiger partial charge >= 0.3 is 6.09 Å². The summed E-state index contributed by atoms with van der Waals surface area (Å²) in [6.07, 6.45) is 0.776. The quantitative estimate of drug-likeness (QED) is 0.582. The molecule has 5 nitrogen and oxygen atoms in total. The van der Waals surface area contributed by atoms with E-state index in [0.717, 1.165) is 11.1 Å². The lowest BCUT2D eigenvalue weighted by molar-refractivity contribution is -0.0654. The molecule has 0 fully saturated rings. The first-order valence-corrected chi connectivity index (χ1v) is 10.4. The lowest BCUT2D eigenvalue weighted by Crippen LogP contribution is -2.40. The van der Waals surface area contributed by atoms with Gasteiger partial charge in [0, 0.05) is 12.1 Å². The molecule has 1 aliphatic rings. The van der Waals surface area contributed by atoms with Crippen molar-refractivity contribution in [1.29, 1.82) is 0 Å². The monoisotopic (exact) mass is 419 g/mol. The minimum Gasteiger partial charge on any atom is -0.447 e. The van der Waals surface area contributed by atoms with Crippen LogP contribution in [0.1, 0.15) is 37.5 Å². The molecule has 0 bridgehead atoms. The van der Waals surface area contributed by atoms with Crippen molar-refractivity contribution in [3.05, 3.63) is 83.4 Å². The average Bonchev–Trinajstić information content (AvgIpc) is 2.76. The van der Waals surface area contributed by atoms with Crippen molar-refractivity contribution >= 4 is 6.09 Å². The zero-order valence-electron chi connectivity index (χ0n) is 18.2. The molecule has 3 rings (SSSR count). The first-order valence-electron chi connectivity index (χ1n) is 10.4. The molecule has 0 saturated carbocycles. The van der Waals surface area contributed by atoms with E-state index in [-0.39, 0.29) is 12.0 Å². The van der Waals surface area contributed by atoms with Crippen molar-refractivity contribution in [2.24, 2.45) is 0 Å². The fraction of sp³-hybridized carbons (Fsp3) is 0.346. The molecule has 1 aliphatic heterocycles. The van der Waals surface area contributed by atoms with Gasteiger partial charge in [0.05, 0.1) is 0 Å². The molecule has 2 aromatic rings. The van der Waals surface area contributed by atoms with E-state index in [4.69, 9.17) is 9.47 Å². The molecular formula is C26H29NO4. The van der Waals surface area contributed by atoms with Crippen LogP contribution in [0.25, 0.3) is 0 Å². The van der Waals surface area contributed by atoms with Gasteiger partial charge < -0.3 is 19.9 Å². The van der Waals surface area contributed by atoms with Crippen LogP contribution in [0.2, 0.25) is 0 Å². The lowest BCUT2D eigenvalue weighted by Gasteiger charge is -2.27. The van der Waals surface area contributed by atoms with Crippen LogP contribution in [0.5, 0.6) is 0 Å². The number of rotatable bonds is 4. The standard InChI is InChI=1S/C26H29NO4/c1-26(2,3)21-12-9-19(10-13-21)11-14-22-15-16-23(28)24(31-22)18-30-25(29)27-17-20-7-5-4-6-8-20/h4-10,12-13,15-16,22-24,28H,17-18H2,1-3H3,(H,27,29)/t22-,23-,24-/m1/s1. The fourth-order valence-electron chi connectivity index (χ4n) is 3.06. The first kappa shape index (κ1) is 22.6. The Morgan fingerprint density at radius 2 is 1.81 bits per heavy atom. The third-order valence-corrected chi connectivity index (χ3v) is 4.95. The topological polar surface area (TPSA) is 67.8 Å². The fourth-order valence-corrected chi connectivity index (χ4v) is 3.06. The maximum atomic E-state index is 11.9. The largest absolute Gasteiger partial charge is 0.447 e. The number of amides is 1. The van der Waals surface area contributed by atoms with E-state index in [1.807, 2.05) is 42.5 Å². The molecule has 1 heterocycles. The van der Waals surface area contributed by atoms with Gasteiger partial charge in [-0.1, -0.05) is 81.2 Å². The number of aliphatic hydroxyl groups excluding tert-OH is 1. The number of carbonyl (C=O) groups excluding carboxylic acids is 1. The molecule has 1 amide bonds. The van der Waals surface area contributed by atoms with Crippen molar-refractivity contribution in [2.75, 3.05) is 6.61 Å². The van der Waals surface area contributed by atoms with Crippen molar-refractivity contribution in [3.63, 3.8) is 0 Å². The summed E-state index contributed by atoms with van der Waals surface area (Å²) in [7, 11) is 0. The second-order valence-electron chi connectivity index (χ2n) is 8.50. The van der Waals surface area contributed by atoms with Crippen LogP contribution in [0.15, 0.2) is 66.7 Å². The molecule has 2 aromatic carbocycles. The molecule has 2 N–H and O–H groups in total. The molecule has 0 unspecified atom stereocenters. The summed E-state index contributed by atoms with van der Waals surface area (Å²) < 4.78 is 11.0. The van der Waals surface area contributed by atoms with Gasteiger partial charge in [-0.05, 0) is 34.8 Å². The Balaban J connectivity index is 1.50. The number of nitrogens with one attached hydrogen (secondary N) is 1. The SMILES string of the molecule is CC(C)(C)c1ccc(C#C[C@@H]2C=C[C@@H](O)[C@@H](COC(=O)NCc3ccccc3)O2)cc1. The van der Waals surface area contributed by atoms with Gasteiger partial charge in [-0.2, -0.15) is 0 Å². The van der Waals surface area contributed by atoms with Crippen molar-refractivity contribution in [3.8, 4) is 11.8 Å². The third-order valence-electron chi connectivity index (χ3n) is 4.95. The van der Waals surface area contributed by atoms with E-state index in [9.17, 15) is 9.90 Å². The van der Waals surface area contributed by atoms with E-state index >= 15 is 0 Å². The van der Waals surface area contributed by atoms with Crippen LogP contribution in [-0.2, 0) is 21.4 Å². The van der Waals surface area contributed by atoms with E-state index in [1.165, 1.54) is 5.56 Å². The highest BCUT2D eigenvalue weighted by molar-refractivity contribution is 5.67. The Hall–Kier alpha value is -3.07. The number of ether oxygens (including phenoxy) is 2. The molecule has 31 heavy (non-hydrogen) atoms. The highest BCUT2D eigenvalue weighted by Crippen LogP contribution is 2.22. The van der Waals surface area contributed by atoms with Gasteiger partial charge in [0.2, 0.25) is 0 Å². The van der Waals surface area contributed by atoms with Gasteiger partial charge in [-0.15, -0.1) is 0 Å². The van der Waals surface area contributed by atoms with Crippen LogP contribution >= 0.6 is 0 Å². The zero-order chi connectivity index (χ0) is 22.3. The molecule has 3 atom stereocenters. The van der Waals surface area contributed by atoms with Crippen molar-refractivity contribution < 1.29 is 19.4 Å². The molecule has 0 aromatic heterocycles. The molecule has 5 heteroatoms. The third kappa shape index (κ3) is 6.99. The predicted molar refractivity (Wildman–Crippen MR) is 120 cm³/mol. The van der Waals surface area contributed by atoms with E-state index in [1.54, 1.807) is 12.2 Å². The van der Waals surface area contributed by atoms with Gasteiger partial charge in [-0.25, -0.2) is 4.79 Å². The Kier molecular flexibility index (Phi) is 7.51. The Morgan fingerprint density at radius 3 is 2.48 bits per heavy atom. The van der Waals surface area contributed by atoms with Crippen LogP contribution in [0.3, 0.4) is 0 Å². The maximum absolute atomic E-state index is 11.9. The number of benzene rings is 2. The second-order valence-corrected chi connectivity index (χ2v) is 8.50. The molecule has 0 spiro atoms. The second kappa shape index (κ2) is 10.3. The Labute approximate surface area is 184 Å². The molecule has 162 valence electrons. The van der Waals surface area contributed by atoms with Gasteiger partial charge in [0.1, 0.15) is 24.9 Å². The molecule has 0 saturated heterocycles. The average molecular weight is 420 g/mol. The lowest BCUT2D eigenvalue weighted by atomic mass is 9.87. The summed E-state index contributed by atoms with van der Waals surface area (Å²) in [4.78, 5) is 11.9. The molecule has 0 aliphatic carbocycles. The van der Waals surface area contributed by atoms with Crippen molar-refractivity contribution in [2.45, 2.75) is 51.0 Å². The summed E-state index contributed by atoms with van der Waals surface area (Å²) in [6, 6.07) is 17.7. The summed E-state index contributed by atoms with van der Waals surface area (Å²) in [5.74, 6) is 6.16. The minimum absolute atomic E-state index is 0.0649. The Bertz CT molecular complexity index is 949. The van der Waals surface area contributed by atoms with Crippen LogP contribution in [0.4, 0.5) is 4.79 Å². The summed E-state index contributed by atoms with van der Waals surface area (Å²) in [6.45, 7) is 6.82. The zero-order valence-corrected chi connectivity index (χ0v) is 18.2. The van der Waals surface area contributed by atoms with Gasteiger partial charge in [0.15, 0.2) is 0 Å². The van der Waals surface area contributed by atoms with Gasteiger partial charge in [-0.3, -0.25) is 0 Å². The Morgan fingerprint density at radius 1 is 1.10 bits per heavy atom. The number of aliphatic hydroxyl groups is 1. The molecular weight excluding hydrogens is 390 g/mol.